The van der Waals surface area contributed by atoms with Crippen LogP contribution in [0.2, 0.25) is 10.0 Å². The predicted octanol–water partition coefficient (Wildman–Crippen LogP) is 5.39. The molecule has 0 radical (unpaired) electrons. The zero-order valence-corrected chi connectivity index (χ0v) is 26.2. The number of rotatable bonds is 11. The Morgan fingerprint density at radius 2 is 1.68 bits per heavy atom. The van der Waals surface area contributed by atoms with Gasteiger partial charge in [0.2, 0.25) is 10.0 Å². The Hall–Kier alpha value is -4.36. The Morgan fingerprint density at radius 1 is 0.932 bits per heavy atom. The molecule has 0 aliphatic rings. The fourth-order valence-corrected chi connectivity index (χ4v) is 5.79. The molecule has 14 heteroatoms. The van der Waals surface area contributed by atoms with Crippen LogP contribution in [0.25, 0.3) is 0 Å². The molecule has 2 amide bonds. The van der Waals surface area contributed by atoms with E-state index in [2.05, 4.69) is 15.8 Å². The van der Waals surface area contributed by atoms with Crippen LogP contribution in [0.4, 0.5) is 5.69 Å². The van der Waals surface area contributed by atoms with Crippen molar-refractivity contribution in [1.29, 1.82) is 0 Å². The van der Waals surface area contributed by atoms with Crippen molar-refractivity contribution in [2.45, 2.75) is 24.9 Å². The van der Waals surface area contributed by atoms with Gasteiger partial charge in [-0.05, 0) is 61.0 Å². The minimum absolute atomic E-state index is 0.0551. The third-order valence-electron chi connectivity index (χ3n) is 6.26. The monoisotopic (exact) mass is 658 g/mol. The molecule has 11 nitrogen and oxygen atoms in total. The molecule has 0 spiro atoms. The van der Waals surface area contributed by atoms with Crippen molar-refractivity contribution in [1.82, 2.24) is 9.73 Å². The highest BCUT2D eigenvalue weighted by Crippen LogP contribution is 2.29. The number of anilines is 1. The number of carbonyl (C=O) groups is 2. The van der Waals surface area contributed by atoms with Gasteiger partial charge in [0, 0.05) is 22.7 Å². The molecule has 0 bridgehead atoms. The second kappa shape index (κ2) is 14.4. The number of amides is 2. The third-order valence-corrected chi connectivity index (χ3v) is 8.65. The molecule has 0 unspecified atom stereocenters. The van der Waals surface area contributed by atoms with Gasteiger partial charge >= 0.3 is 11.8 Å². The SMILES string of the molecule is COc1ccc(NC(=O)C(=O)N/N=C/c2ccc(CN(Cc3ccc(Cl)cc3Cl)S(=O)(=O)c3ccc(C)cc3)o2)c(OC)c1. The molecule has 1 aromatic heterocycles. The van der Waals surface area contributed by atoms with Gasteiger partial charge in [-0.1, -0.05) is 47.0 Å². The van der Waals surface area contributed by atoms with E-state index in [0.29, 0.717) is 32.9 Å². The molecule has 0 fully saturated rings. The van der Waals surface area contributed by atoms with Gasteiger partial charge < -0.3 is 19.2 Å². The van der Waals surface area contributed by atoms with Crippen LogP contribution in [-0.2, 0) is 32.7 Å². The van der Waals surface area contributed by atoms with E-state index in [1.807, 2.05) is 6.92 Å². The molecular weight excluding hydrogens is 631 g/mol. The van der Waals surface area contributed by atoms with Crippen molar-refractivity contribution in [2.24, 2.45) is 5.10 Å². The van der Waals surface area contributed by atoms with Crippen LogP contribution < -0.4 is 20.2 Å². The number of methoxy groups -OCH3 is 2. The van der Waals surface area contributed by atoms with Gasteiger partial charge in [-0.15, -0.1) is 0 Å². The summed E-state index contributed by atoms with van der Waals surface area (Å²) < 4.78 is 44.6. The van der Waals surface area contributed by atoms with Crippen molar-refractivity contribution < 1.29 is 31.9 Å². The van der Waals surface area contributed by atoms with Crippen molar-refractivity contribution in [3.63, 3.8) is 0 Å². The van der Waals surface area contributed by atoms with Gasteiger partial charge in [-0.3, -0.25) is 9.59 Å². The lowest BCUT2D eigenvalue weighted by atomic mass is 10.2. The fraction of sp³-hybridized carbons (Fsp3) is 0.167. The molecule has 3 aromatic carbocycles. The number of hydrogen-bond donors (Lipinski definition) is 2. The standard InChI is InChI=1S/C30H28Cl2N4O7S/c1-19-4-11-25(12-5-19)44(39,40)36(17-20-6-7-21(31)14-26(20)32)18-24-9-8-23(43-24)16-33-35-30(38)29(37)34-27-13-10-22(41-2)15-28(27)42-3/h4-16H,17-18H2,1-3H3,(H,34,37)(H,35,38)/b33-16+. The number of hydrogen-bond acceptors (Lipinski definition) is 8. The number of furan rings is 1. The molecule has 0 aliphatic heterocycles. The van der Waals surface area contributed by atoms with Crippen LogP contribution in [0.3, 0.4) is 0 Å². The second-order valence-corrected chi connectivity index (χ2v) is 12.1. The van der Waals surface area contributed by atoms with E-state index in [-0.39, 0.29) is 29.4 Å². The van der Waals surface area contributed by atoms with Crippen molar-refractivity contribution >= 4 is 56.9 Å². The molecule has 4 rings (SSSR count). The van der Waals surface area contributed by atoms with E-state index in [9.17, 15) is 18.0 Å². The topological polar surface area (TPSA) is 140 Å². The first-order valence-corrected chi connectivity index (χ1v) is 15.2. The van der Waals surface area contributed by atoms with Crippen molar-refractivity contribution in [3.8, 4) is 11.5 Å². The first-order valence-electron chi connectivity index (χ1n) is 13.0. The Bertz CT molecular complexity index is 1790. The molecule has 0 saturated heterocycles. The lowest BCUT2D eigenvalue weighted by molar-refractivity contribution is -0.136. The normalized spacial score (nSPS) is 11.5. The van der Waals surface area contributed by atoms with Crippen LogP contribution in [0.1, 0.15) is 22.6 Å². The van der Waals surface area contributed by atoms with Crippen LogP contribution in [0, 0.1) is 6.92 Å². The lowest BCUT2D eigenvalue weighted by Crippen LogP contribution is -2.32. The van der Waals surface area contributed by atoms with Gasteiger partial charge in [0.1, 0.15) is 23.0 Å². The van der Waals surface area contributed by atoms with Gasteiger partial charge in [0.05, 0.1) is 37.6 Å². The Labute approximate surface area is 264 Å². The third kappa shape index (κ3) is 8.17. The Morgan fingerprint density at radius 3 is 2.36 bits per heavy atom. The lowest BCUT2D eigenvalue weighted by Gasteiger charge is -2.22. The molecule has 1 heterocycles. The van der Waals surface area contributed by atoms with E-state index >= 15 is 0 Å². The average Bonchev–Trinajstić information content (AvgIpc) is 3.45. The number of sulfonamides is 1. The van der Waals surface area contributed by atoms with Crippen molar-refractivity contribution in [3.05, 3.63) is 105 Å². The summed E-state index contributed by atoms with van der Waals surface area (Å²) in [5.41, 5.74) is 3.84. The minimum Gasteiger partial charge on any atom is -0.497 e. The number of halogens is 2. The smallest absolute Gasteiger partial charge is 0.329 e. The van der Waals surface area contributed by atoms with Crippen molar-refractivity contribution in [2.75, 3.05) is 19.5 Å². The summed E-state index contributed by atoms with van der Waals surface area (Å²) in [6.45, 7) is 1.67. The summed E-state index contributed by atoms with van der Waals surface area (Å²) in [5, 5.41) is 6.94. The second-order valence-electron chi connectivity index (χ2n) is 9.35. The van der Waals surface area contributed by atoms with Gasteiger partial charge in [0.15, 0.2) is 0 Å². The van der Waals surface area contributed by atoms with Crippen LogP contribution >= 0.6 is 23.2 Å². The maximum atomic E-state index is 13.6. The molecule has 0 aliphatic carbocycles. The highest BCUT2D eigenvalue weighted by atomic mass is 35.5. The summed E-state index contributed by atoms with van der Waals surface area (Å²) >= 11 is 12.4. The van der Waals surface area contributed by atoms with Crippen LogP contribution in [0.15, 0.2) is 87.2 Å². The number of ether oxygens (including phenoxy) is 2. The van der Waals surface area contributed by atoms with Crippen LogP contribution in [-0.4, -0.2) is 45.0 Å². The molecule has 230 valence electrons. The summed E-state index contributed by atoms with van der Waals surface area (Å²) in [4.78, 5) is 24.7. The maximum Gasteiger partial charge on any atom is 0.329 e. The number of carbonyl (C=O) groups excluding carboxylic acids is 2. The fourth-order valence-electron chi connectivity index (χ4n) is 3.93. The molecular formula is C30H28Cl2N4O7S. The van der Waals surface area contributed by atoms with Gasteiger partial charge in [-0.25, -0.2) is 13.8 Å². The van der Waals surface area contributed by atoms with E-state index in [1.165, 1.54) is 42.9 Å². The largest absolute Gasteiger partial charge is 0.497 e. The van der Waals surface area contributed by atoms with Gasteiger partial charge in [0.25, 0.3) is 0 Å². The molecule has 2 N–H and O–H groups in total. The van der Waals surface area contributed by atoms with E-state index in [4.69, 9.17) is 37.1 Å². The number of nitrogens with zero attached hydrogens (tertiary/aromatic N) is 2. The van der Waals surface area contributed by atoms with E-state index in [1.54, 1.807) is 54.6 Å². The zero-order valence-electron chi connectivity index (χ0n) is 23.8. The van der Waals surface area contributed by atoms with E-state index < -0.39 is 21.8 Å². The Kier molecular flexibility index (Phi) is 10.7. The summed E-state index contributed by atoms with van der Waals surface area (Å²) in [5.74, 6) is -0.715. The first-order chi connectivity index (χ1) is 21.0. The number of benzene rings is 3. The minimum atomic E-state index is -3.97. The highest BCUT2D eigenvalue weighted by molar-refractivity contribution is 7.89. The summed E-state index contributed by atoms with van der Waals surface area (Å²) in [6.07, 6.45) is 1.18. The number of aryl methyl sites for hydroxylation is 1. The molecule has 0 atom stereocenters. The van der Waals surface area contributed by atoms with Crippen LogP contribution in [0.5, 0.6) is 11.5 Å². The maximum absolute atomic E-state index is 13.6. The zero-order chi connectivity index (χ0) is 31.9. The average molecular weight is 660 g/mol. The molecule has 44 heavy (non-hydrogen) atoms. The van der Waals surface area contributed by atoms with E-state index in [0.717, 1.165) is 5.56 Å². The molecule has 4 aromatic rings. The van der Waals surface area contributed by atoms with Gasteiger partial charge in [-0.2, -0.15) is 9.41 Å². The first kappa shape index (κ1) is 32.6. The number of nitrogens with one attached hydrogen (secondary N) is 2. The Balaban J connectivity index is 1.45. The quantitative estimate of drug-likeness (QED) is 0.125. The highest BCUT2D eigenvalue weighted by Gasteiger charge is 2.27. The summed E-state index contributed by atoms with van der Waals surface area (Å²) in [7, 11) is -1.07. The predicted molar refractivity (Wildman–Crippen MR) is 167 cm³/mol. The summed E-state index contributed by atoms with van der Waals surface area (Å²) in [6, 6.07) is 19.1. The number of hydrazone groups is 1. The molecule has 0 saturated carbocycles.